The average Bonchev–Trinajstić information content (AvgIpc) is 2.84. The third-order valence-corrected chi connectivity index (χ3v) is 3.68. The van der Waals surface area contributed by atoms with E-state index >= 15 is 0 Å². The number of hydrogen-bond donors (Lipinski definition) is 1. The number of aliphatic carboxylic acids is 1. The molecule has 1 aliphatic rings. The Balaban J connectivity index is 1.82. The van der Waals surface area contributed by atoms with E-state index in [0.717, 1.165) is 38.2 Å². The maximum Gasteiger partial charge on any atom is 0.303 e. The predicted octanol–water partition coefficient (Wildman–Crippen LogP) is 2.38. The summed E-state index contributed by atoms with van der Waals surface area (Å²) in [5.74, 6) is 0.729. The van der Waals surface area contributed by atoms with Gasteiger partial charge < -0.3 is 9.84 Å². The average molecular weight is 263 g/mol. The Morgan fingerprint density at radius 2 is 2.37 bits per heavy atom. The van der Waals surface area contributed by atoms with Crippen LogP contribution in [0, 0.1) is 5.92 Å². The molecule has 1 heterocycles. The Morgan fingerprint density at radius 3 is 3.11 bits per heavy atom. The predicted molar refractivity (Wildman–Crippen MR) is 73.2 cm³/mol. The number of rotatable bonds is 6. The number of benzene rings is 1. The minimum atomic E-state index is -0.689. The molecule has 1 N–H and O–H groups in total. The summed E-state index contributed by atoms with van der Waals surface area (Å²) in [6.07, 6.45) is 2.19. The minimum absolute atomic E-state index is 0.289. The van der Waals surface area contributed by atoms with E-state index < -0.39 is 5.97 Å². The number of carboxylic acids is 1. The second kappa shape index (κ2) is 6.57. The number of carboxylic acid groups (broad SMARTS) is 1. The maximum atomic E-state index is 10.6. The standard InChI is InChI=1S/C15H21NO3/c1-19-14-4-2-3-13(9-14)11-16-8-7-12(10-16)5-6-15(17)18/h2-4,9,12H,5-8,10-11H2,1H3,(H,17,18). The van der Waals surface area contributed by atoms with E-state index in [0.29, 0.717) is 5.92 Å². The molecule has 1 aromatic carbocycles. The van der Waals surface area contributed by atoms with Gasteiger partial charge in [-0.15, -0.1) is 0 Å². The lowest BCUT2D eigenvalue weighted by atomic mass is 10.0. The van der Waals surface area contributed by atoms with Crippen LogP contribution in [0.5, 0.6) is 5.75 Å². The molecule has 19 heavy (non-hydrogen) atoms. The summed E-state index contributed by atoms with van der Waals surface area (Å²) in [5, 5.41) is 8.71. The topological polar surface area (TPSA) is 49.8 Å². The Bertz CT molecular complexity index is 433. The molecule has 1 aromatic rings. The first kappa shape index (κ1) is 13.9. The largest absolute Gasteiger partial charge is 0.497 e. The number of ether oxygens (including phenoxy) is 1. The number of methoxy groups -OCH3 is 1. The molecule has 2 rings (SSSR count). The molecule has 0 saturated carbocycles. The van der Waals surface area contributed by atoms with Crippen LogP contribution in [-0.2, 0) is 11.3 Å². The van der Waals surface area contributed by atoms with E-state index in [1.165, 1.54) is 5.56 Å². The zero-order valence-corrected chi connectivity index (χ0v) is 11.3. The van der Waals surface area contributed by atoms with Gasteiger partial charge in [0.05, 0.1) is 7.11 Å². The monoisotopic (exact) mass is 263 g/mol. The Kier molecular flexibility index (Phi) is 4.80. The van der Waals surface area contributed by atoms with Crippen molar-refractivity contribution in [1.29, 1.82) is 0 Å². The van der Waals surface area contributed by atoms with Gasteiger partial charge in [-0.25, -0.2) is 0 Å². The van der Waals surface area contributed by atoms with Crippen LogP contribution in [0.3, 0.4) is 0 Å². The fourth-order valence-corrected chi connectivity index (χ4v) is 2.65. The molecule has 104 valence electrons. The van der Waals surface area contributed by atoms with Crippen LogP contribution in [-0.4, -0.2) is 36.2 Å². The molecule has 0 amide bonds. The SMILES string of the molecule is COc1cccc(CN2CCC(CCC(=O)O)C2)c1. The van der Waals surface area contributed by atoms with E-state index in [9.17, 15) is 4.79 Å². The highest BCUT2D eigenvalue weighted by molar-refractivity contribution is 5.66. The Labute approximate surface area is 114 Å². The third-order valence-electron chi connectivity index (χ3n) is 3.68. The zero-order chi connectivity index (χ0) is 13.7. The number of likely N-dealkylation sites (tertiary alicyclic amines) is 1. The highest BCUT2D eigenvalue weighted by atomic mass is 16.5. The summed E-state index contributed by atoms with van der Waals surface area (Å²) in [5.41, 5.74) is 1.25. The summed E-state index contributed by atoms with van der Waals surface area (Å²) in [6.45, 7) is 2.98. The van der Waals surface area contributed by atoms with E-state index in [2.05, 4.69) is 17.0 Å². The van der Waals surface area contributed by atoms with Crippen LogP contribution in [0.15, 0.2) is 24.3 Å². The van der Waals surface area contributed by atoms with E-state index in [4.69, 9.17) is 9.84 Å². The molecule has 0 spiro atoms. The lowest BCUT2D eigenvalue weighted by Gasteiger charge is -2.16. The Hall–Kier alpha value is -1.55. The van der Waals surface area contributed by atoms with Gasteiger partial charge in [0.15, 0.2) is 0 Å². The van der Waals surface area contributed by atoms with Crippen LogP contribution in [0.1, 0.15) is 24.8 Å². The molecule has 4 nitrogen and oxygen atoms in total. The molecular formula is C15H21NO3. The third kappa shape index (κ3) is 4.24. The summed E-state index contributed by atoms with van der Waals surface area (Å²) < 4.78 is 5.22. The lowest BCUT2D eigenvalue weighted by Crippen LogP contribution is -2.20. The van der Waals surface area contributed by atoms with Crippen molar-refractivity contribution >= 4 is 5.97 Å². The molecule has 1 unspecified atom stereocenters. The van der Waals surface area contributed by atoms with Gasteiger partial charge in [0.2, 0.25) is 0 Å². The molecule has 1 atom stereocenters. The molecule has 4 heteroatoms. The molecule has 1 aliphatic heterocycles. The number of carbonyl (C=O) groups is 1. The fraction of sp³-hybridized carbons (Fsp3) is 0.533. The highest BCUT2D eigenvalue weighted by Gasteiger charge is 2.22. The molecule has 0 radical (unpaired) electrons. The van der Waals surface area contributed by atoms with E-state index in [-0.39, 0.29) is 6.42 Å². The molecule has 1 fully saturated rings. The van der Waals surface area contributed by atoms with Gasteiger partial charge in [0.25, 0.3) is 0 Å². The van der Waals surface area contributed by atoms with Gasteiger partial charge in [0, 0.05) is 19.5 Å². The van der Waals surface area contributed by atoms with E-state index in [1.807, 2.05) is 12.1 Å². The smallest absolute Gasteiger partial charge is 0.303 e. The van der Waals surface area contributed by atoms with Crippen molar-refractivity contribution < 1.29 is 14.6 Å². The second-order valence-electron chi connectivity index (χ2n) is 5.17. The molecule has 1 saturated heterocycles. The summed E-state index contributed by atoms with van der Waals surface area (Å²) >= 11 is 0. The van der Waals surface area contributed by atoms with Crippen LogP contribution in [0.25, 0.3) is 0 Å². The minimum Gasteiger partial charge on any atom is -0.497 e. The van der Waals surface area contributed by atoms with Crippen molar-refractivity contribution in [1.82, 2.24) is 4.90 Å². The van der Waals surface area contributed by atoms with Gasteiger partial charge in [-0.3, -0.25) is 9.69 Å². The first-order chi connectivity index (χ1) is 9.17. The summed E-state index contributed by atoms with van der Waals surface area (Å²) in [7, 11) is 1.68. The summed E-state index contributed by atoms with van der Waals surface area (Å²) in [4.78, 5) is 13.0. The highest BCUT2D eigenvalue weighted by Crippen LogP contribution is 2.23. The van der Waals surface area contributed by atoms with Crippen molar-refractivity contribution in [2.75, 3.05) is 20.2 Å². The first-order valence-electron chi connectivity index (χ1n) is 6.74. The van der Waals surface area contributed by atoms with E-state index in [1.54, 1.807) is 7.11 Å². The first-order valence-corrected chi connectivity index (χ1v) is 6.74. The van der Waals surface area contributed by atoms with Gasteiger partial charge in [-0.1, -0.05) is 12.1 Å². The van der Waals surface area contributed by atoms with Gasteiger partial charge >= 0.3 is 5.97 Å². The van der Waals surface area contributed by atoms with Crippen molar-refractivity contribution in [3.63, 3.8) is 0 Å². The fourth-order valence-electron chi connectivity index (χ4n) is 2.65. The maximum absolute atomic E-state index is 10.6. The normalized spacial score (nSPS) is 19.5. The van der Waals surface area contributed by atoms with Crippen LogP contribution in [0.4, 0.5) is 0 Å². The van der Waals surface area contributed by atoms with Crippen molar-refractivity contribution in [3.05, 3.63) is 29.8 Å². The molecular weight excluding hydrogens is 242 g/mol. The van der Waals surface area contributed by atoms with Crippen LogP contribution >= 0.6 is 0 Å². The van der Waals surface area contributed by atoms with Crippen molar-refractivity contribution in [3.8, 4) is 5.75 Å². The number of hydrogen-bond acceptors (Lipinski definition) is 3. The van der Waals surface area contributed by atoms with Crippen molar-refractivity contribution in [2.24, 2.45) is 5.92 Å². The number of nitrogens with zero attached hydrogens (tertiary/aromatic N) is 1. The molecule has 0 aromatic heterocycles. The second-order valence-corrected chi connectivity index (χ2v) is 5.17. The Morgan fingerprint density at radius 1 is 1.53 bits per heavy atom. The lowest BCUT2D eigenvalue weighted by molar-refractivity contribution is -0.137. The van der Waals surface area contributed by atoms with Crippen molar-refractivity contribution in [2.45, 2.75) is 25.8 Å². The van der Waals surface area contributed by atoms with Gasteiger partial charge in [-0.2, -0.15) is 0 Å². The van der Waals surface area contributed by atoms with Gasteiger partial charge in [-0.05, 0) is 43.0 Å². The van der Waals surface area contributed by atoms with Gasteiger partial charge in [0.1, 0.15) is 5.75 Å². The molecule has 0 aliphatic carbocycles. The van der Waals surface area contributed by atoms with Crippen LogP contribution < -0.4 is 4.74 Å². The zero-order valence-electron chi connectivity index (χ0n) is 11.3. The summed E-state index contributed by atoms with van der Waals surface area (Å²) in [6, 6.07) is 8.12. The van der Waals surface area contributed by atoms with Crippen LogP contribution in [0.2, 0.25) is 0 Å². The quantitative estimate of drug-likeness (QED) is 0.856. The molecule has 0 bridgehead atoms.